The topological polar surface area (TPSA) is 63.7 Å². The molecule has 0 unspecified atom stereocenters. The zero-order valence-corrected chi connectivity index (χ0v) is 18.3. The Morgan fingerprint density at radius 2 is 1.74 bits per heavy atom. The number of halogens is 1. The molecule has 2 amide bonds. The number of amides is 2. The molecule has 5 rings (SSSR count). The molecule has 2 heterocycles. The quantitative estimate of drug-likeness (QED) is 0.316. The van der Waals surface area contributed by atoms with Gasteiger partial charge in [0.2, 0.25) is 11.8 Å². The summed E-state index contributed by atoms with van der Waals surface area (Å²) in [5, 5.41) is 0. The summed E-state index contributed by atoms with van der Waals surface area (Å²) in [6.07, 6.45) is -0.0806. The van der Waals surface area contributed by atoms with Gasteiger partial charge >= 0.3 is 5.97 Å². The summed E-state index contributed by atoms with van der Waals surface area (Å²) in [5.74, 6) is -1.74. The summed E-state index contributed by atoms with van der Waals surface area (Å²) >= 11 is 3.39. The van der Waals surface area contributed by atoms with Crippen LogP contribution in [0.5, 0.6) is 5.75 Å². The molecule has 31 heavy (non-hydrogen) atoms. The third-order valence-corrected chi connectivity index (χ3v) is 6.54. The second kappa shape index (κ2) is 7.17. The number of benzene rings is 3. The molecule has 0 aromatic heterocycles. The molecule has 1 saturated heterocycles. The van der Waals surface area contributed by atoms with Crippen molar-refractivity contribution >= 4 is 39.4 Å². The molecule has 2 atom stereocenters. The fourth-order valence-electron chi connectivity index (χ4n) is 4.69. The number of hydrogen-bond acceptors (Lipinski definition) is 4. The van der Waals surface area contributed by atoms with Crippen LogP contribution in [0.4, 0.5) is 5.69 Å². The van der Waals surface area contributed by atoms with E-state index in [4.69, 9.17) is 4.74 Å². The Bertz CT molecular complexity index is 1240. The Morgan fingerprint density at radius 3 is 2.48 bits per heavy atom. The summed E-state index contributed by atoms with van der Waals surface area (Å²) in [6.45, 7) is 1.92. The van der Waals surface area contributed by atoms with E-state index in [1.54, 1.807) is 24.3 Å². The second-order valence-electron chi connectivity index (χ2n) is 7.87. The van der Waals surface area contributed by atoms with E-state index in [-0.39, 0.29) is 12.3 Å². The lowest BCUT2D eigenvalue weighted by Crippen LogP contribution is -2.46. The van der Waals surface area contributed by atoms with Crippen LogP contribution in [0.2, 0.25) is 0 Å². The first-order valence-corrected chi connectivity index (χ1v) is 10.7. The van der Waals surface area contributed by atoms with Crippen molar-refractivity contribution in [1.82, 2.24) is 0 Å². The Balaban J connectivity index is 1.72. The van der Waals surface area contributed by atoms with Crippen molar-refractivity contribution in [2.24, 2.45) is 5.92 Å². The van der Waals surface area contributed by atoms with E-state index in [0.717, 1.165) is 10.0 Å². The molecule has 3 aromatic carbocycles. The number of ether oxygens (including phenoxy) is 1. The molecular formula is C25H18BrNO4. The number of carbonyl (C=O) groups is 3. The molecule has 154 valence electrons. The second-order valence-corrected chi connectivity index (χ2v) is 8.78. The van der Waals surface area contributed by atoms with Gasteiger partial charge in [0.15, 0.2) is 0 Å². The number of rotatable bonds is 3. The highest BCUT2D eigenvalue weighted by Gasteiger charge is 2.62. The van der Waals surface area contributed by atoms with Gasteiger partial charge in [0.05, 0.1) is 11.6 Å². The lowest BCUT2D eigenvalue weighted by atomic mass is 9.65. The van der Waals surface area contributed by atoms with Crippen LogP contribution in [0.15, 0.2) is 77.3 Å². The van der Waals surface area contributed by atoms with Gasteiger partial charge in [-0.2, -0.15) is 0 Å². The smallest absolute Gasteiger partial charge is 0.327 e. The largest absolute Gasteiger partial charge is 0.425 e. The normalized spacial score (nSPS) is 22.6. The van der Waals surface area contributed by atoms with E-state index in [2.05, 4.69) is 15.9 Å². The van der Waals surface area contributed by atoms with Crippen molar-refractivity contribution in [3.63, 3.8) is 0 Å². The first-order chi connectivity index (χ1) is 14.9. The number of nitrogens with zero attached hydrogens (tertiary/aromatic N) is 1. The van der Waals surface area contributed by atoms with Gasteiger partial charge in [-0.3, -0.25) is 19.3 Å². The third-order valence-electron chi connectivity index (χ3n) is 6.05. The van der Waals surface area contributed by atoms with E-state index in [1.807, 2.05) is 55.5 Å². The molecule has 1 fully saturated rings. The average molecular weight is 476 g/mol. The maximum Gasteiger partial charge on any atom is 0.327 e. The van der Waals surface area contributed by atoms with Gasteiger partial charge in [0.1, 0.15) is 11.2 Å². The Labute approximate surface area is 187 Å². The number of anilines is 1. The van der Waals surface area contributed by atoms with Crippen molar-refractivity contribution < 1.29 is 19.1 Å². The van der Waals surface area contributed by atoms with Gasteiger partial charge < -0.3 is 4.74 Å². The van der Waals surface area contributed by atoms with Gasteiger partial charge in [-0.1, -0.05) is 70.0 Å². The van der Waals surface area contributed by atoms with Crippen LogP contribution in [-0.4, -0.2) is 17.8 Å². The molecule has 6 heteroatoms. The van der Waals surface area contributed by atoms with Crippen LogP contribution in [-0.2, 0) is 19.8 Å². The molecule has 0 bridgehead atoms. The monoisotopic (exact) mass is 475 g/mol. The van der Waals surface area contributed by atoms with Crippen molar-refractivity contribution in [3.8, 4) is 5.75 Å². The molecular weight excluding hydrogens is 458 g/mol. The lowest BCUT2D eigenvalue weighted by molar-refractivity contribution is -0.141. The van der Waals surface area contributed by atoms with Gasteiger partial charge in [-0.15, -0.1) is 0 Å². The molecule has 2 aliphatic heterocycles. The maximum absolute atomic E-state index is 13.7. The number of carbonyl (C=O) groups excluding carboxylic acids is 3. The number of hydrogen-bond donors (Lipinski definition) is 0. The Kier molecular flexibility index (Phi) is 4.55. The van der Waals surface area contributed by atoms with E-state index in [9.17, 15) is 14.4 Å². The zero-order valence-electron chi connectivity index (χ0n) is 16.7. The summed E-state index contributed by atoms with van der Waals surface area (Å²) in [7, 11) is 0. The van der Waals surface area contributed by atoms with Crippen LogP contribution in [0.25, 0.3) is 0 Å². The molecule has 0 N–H and O–H groups in total. The molecule has 3 aromatic rings. The number of aryl methyl sites for hydroxylation is 1. The predicted molar refractivity (Wildman–Crippen MR) is 119 cm³/mol. The minimum atomic E-state index is -1.38. The van der Waals surface area contributed by atoms with Crippen LogP contribution in [0.3, 0.4) is 0 Å². The Hall–Kier alpha value is -3.25. The van der Waals surface area contributed by atoms with Crippen LogP contribution < -0.4 is 9.64 Å². The minimum absolute atomic E-state index is 0.0806. The fourth-order valence-corrected chi connectivity index (χ4v) is 5.08. The van der Waals surface area contributed by atoms with Crippen LogP contribution in [0, 0.1) is 12.8 Å². The van der Waals surface area contributed by atoms with Crippen molar-refractivity contribution in [1.29, 1.82) is 0 Å². The summed E-state index contributed by atoms with van der Waals surface area (Å²) in [4.78, 5) is 41.4. The standard InChI is InChI=1S/C25H18BrNO4/c1-15-10-11-21-19(12-15)25(24(30)31-21,16-6-3-2-4-7-16)20-14-22(28)27(23(20)29)18-9-5-8-17(26)13-18/h2-13,20H,14H2,1H3/t20-,25+/m1/s1. The van der Waals surface area contributed by atoms with E-state index in [1.165, 1.54) is 4.90 Å². The first-order valence-electron chi connectivity index (χ1n) is 9.94. The van der Waals surface area contributed by atoms with E-state index >= 15 is 0 Å². The molecule has 5 nitrogen and oxygen atoms in total. The van der Waals surface area contributed by atoms with Gasteiger partial charge in [0, 0.05) is 16.5 Å². The van der Waals surface area contributed by atoms with Gasteiger partial charge in [0.25, 0.3) is 0 Å². The maximum atomic E-state index is 13.7. The third kappa shape index (κ3) is 2.86. The van der Waals surface area contributed by atoms with Gasteiger partial charge in [-0.25, -0.2) is 0 Å². The SMILES string of the molecule is Cc1ccc2c(c1)[C@@](c1ccccc1)([C@@H]1CC(=O)N(c3cccc(Br)c3)C1=O)C(=O)O2. The Morgan fingerprint density at radius 1 is 0.968 bits per heavy atom. The van der Waals surface area contributed by atoms with E-state index < -0.39 is 23.2 Å². The lowest BCUT2D eigenvalue weighted by Gasteiger charge is -2.31. The molecule has 0 saturated carbocycles. The highest BCUT2D eigenvalue weighted by Crippen LogP contribution is 2.52. The average Bonchev–Trinajstić information content (AvgIpc) is 3.21. The highest BCUT2D eigenvalue weighted by molar-refractivity contribution is 9.10. The molecule has 0 spiro atoms. The zero-order chi connectivity index (χ0) is 21.8. The summed E-state index contributed by atoms with van der Waals surface area (Å²) < 4.78 is 6.42. The van der Waals surface area contributed by atoms with Crippen molar-refractivity contribution in [2.75, 3.05) is 4.90 Å². The fraction of sp³-hybridized carbons (Fsp3) is 0.160. The number of esters is 1. The van der Waals surface area contributed by atoms with Crippen LogP contribution in [0.1, 0.15) is 23.1 Å². The molecule has 0 radical (unpaired) electrons. The van der Waals surface area contributed by atoms with Gasteiger partial charge in [-0.05, 0) is 36.8 Å². The van der Waals surface area contributed by atoms with Crippen molar-refractivity contribution in [2.45, 2.75) is 18.8 Å². The minimum Gasteiger partial charge on any atom is -0.425 e. The van der Waals surface area contributed by atoms with E-state index in [0.29, 0.717) is 22.6 Å². The number of fused-ring (bicyclic) bond motifs is 1. The summed E-state index contributed by atoms with van der Waals surface area (Å²) in [6, 6.07) is 21.7. The number of imide groups is 1. The molecule has 0 aliphatic carbocycles. The predicted octanol–water partition coefficient (Wildman–Crippen LogP) is 4.54. The van der Waals surface area contributed by atoms with Crippen molar-refractivity contribution in [3.05, 3.63) is 94.0 Å². The highest BCUT2D eigenvalue weighted by atomic mass is 79.9. The summed E-state index contributed by atoms with van der Waals surface area (Å²) in [5.41, 5.74) is 1.32. The van der Waals surface area contributed by atoms with Crippen LogP contribution >= 0.6 is 15.9 Å². The first kappa shape index (κ1) is 19.7. The molecule has 2 aliphatic rings.